The average molecular weight is 221 g/mol. The molecule has 4 N–H and O–H groups in total. The predicted octanol–water partition coefficient (Wildman–Crippen LogP) is -1.34. The highest BCUT2D eigenvalue weighted by atomic mass is 31.2. The van der Waals surface area contributed by atoms with E-state index in [0.29, 0.717) is 10.3 Å². The lowest BCUT2D eigenvalue weighted by Crippen LogP contribution is -2.28. The van der Waals surface area contributed by atoms with Crippen molar-refractivity contribution >= 4 is 13.6 Å². The fourth-order valence-corrected chi connectivity index (χ4v) is 1.06. The van der Waals surface area contributed by atoms with Crippen LogP contribution in [-0.2, 0) is 4.57 Å². The standard InChI is InChI=1S/C5H8N3O5P/c1-3-2-8(13-14(10,11)12)5(9)7-4(3)6/h2H,1H3,(H2,6,7,9)(H2,10,11,12). The Morgan fingerprint density at radius 2 is 2.21 bits per heavy atom. The summed E-state index contributed by atoms with van der Waals surface area (Å²) in [6.07, 6.45) is 1.05. The van der Waals surface area contributed by atoms with E-state index in [-0.39, 0.29) is 5.82 Å². The Morgan fingerprint density at radius 1 is 1.64 bits per heavy atom. The number of hydrogen-bond donors (Lipinski definition) is 3. The second-order valence-electron chi connectivity index (χ2n) is 2.49. The zero-order valence-electron chi connectivity index (χ0n) is 7.12. The molecule has 14 heavy (non-hydrogen) atoms. The Balaban J connectivity index is 3.18. The summed E-state index contributed by atoms with van der Waals surface area (Å²) < 4.78 is 14.8. The minimum atomic E-state index is -4.77. The van der Waals surface area contributed by atoms with Crippen LogP contribution >= 0.6 is 7.82 Å². The van der Waals surface area contributed by atoms with E-state index in [1.807, 2.05) is 0 Å². The van der Waals surface area contributed by atoms with Gasteiger partial charge >= 0.3 is 13.5 Å². The maximum Gasteiger partial charge on any atom is 0.544 e. The number of aryl methyl sites for hydroxylation is 1. The van der Waals surface area contributed by atoms with E-state index in [1.54, 1.807) is 0 Å². The topological polar surface area (TPSA) is 128 Å². The third-order valence-corrected chi connectivity index (χ3v) is 1.70. The quantitative estimate of drug-likeness (QED) is 0.527. The van der Waals surface area contributed by atoms with E-state index in [1.165, 1.54) is 6.92 Å². The molecule has 78 valence electrons. The molecule has 0 aromatic carbocycles. The molecule has 0 unspecified atom stereocenters. The van der Waals surface area contributed by atoms with Gasteiger partial charge < -0.3 is 10.4 Å². The number of rotatable bonds is 2. The zero-order valence-corrected chi connectivity index (χ0v) is 8.01. The summed E-state index contributed by atoms with van der Waals surface area (Å²) in [7, 11) is -4.77. The smallest absolute Gasteiger partial charge is 0.383 e. The maximum atomic E-state index is 11.0. The molecule has 1 aromatic heterocycles. The first kappa shape index (κ1) is 10.7. The molecule has 0 radical (unpaired) electrons. The van der Waals surface area contributed by atoms with Crippen molar-refractivity contribution in [2.24, 2.45) is 0 Å². The third kappa shape index (κ3) is 2.56. The molecule has 0 saturated carbocycles. The van der Waals surface area contributed by atoms with Crippen LogP contribution in [0.3, 0.4) is 0 Å². The van der Waals surface area contributed by atoms with Crippen molar-refractivity contribution in [3.63, 3.8) is 0 Å². The van der Waals surface area contributed by atoms with Crippen molar-refractivity contribution in [2.45, 2.75) is 6.92 Å². The number of anilines is 1. The SMILES string of the molecule is Cc1cn(OP(=O)(O)O)c(=O)nc1N. The Morgan fingerprint density at radius 3 is 2.71 bits per heavy atom. The van der Waals surface area contributed by atoms with Crippen LogP contribution < -0.4 is 16.0 Å². The molecule has 0 atom stereocenters. The number of phosphoric acid groups is 1. The fourth-order valence-electron chi connectivity index (χ4n) is 0.711. The van der Waals surface area contributed by atoms with Crippen LogP contribution in [0.25, 0.3) is 0 Å². The Labute approximate surface area is 78.2 Å². The van der Waals surface area contributed by atoms with Crippen LogP contribution in [0.2, 0.25) is 0 Å². The van der Waals surface area contributed by atoms with Crippen LogP contribution in [0.5, 0.6) is 0 Å². The molecule has 1 heterocycles. The summed E-state index contributed by atoms with van der Waals surface area (Å²) in [5, 5.41) is 0. The Bertz CT molecular complexity index is 449. The first-order chi connectivity index (χ1) is 6.29. The van der Waals surface area contributed by atoms with Gasteiger partial charge in [-0.05, 0) is 6.92 Å². The summed E-state index contributed by atoms with van der Waals surface area (Å²) in [6.45, 7) is 1.52. The largest absolute Gasteiger partial charge is 0.544 e. The number of aromatic nitrogens is 2. The lowest BCUT2D eigenvalue weighted by molar-refractivity contribution is 0.168. The van der Waals surface area contributed by atoms with Gasteiger partial charge in [0.15, 0.2) is 0 Å². The van der Waals surface area contributed by atoms with Gasteiger partial charge in [-0.2, -0.15) is 4.98 Å². The van der Waals surface area contributed by atoms with Crippen LogP contribution in [0.1, 0.15) is 5.56 Å². The van der Waals surface area contributed by atoms with Gasteiger partial charge in [0.05, 0.1) is 6.20 Å². The highest BCUT2D eigenvalue weighted by molar-refractivity contribution is 7.46. The highest BCUT2D eigenvalue weighted by Gasteiger charge is 2.18. The van der Waals surface area contributed by atoms with Gasteiger partial charge in [-0.3, -0.25) is 9.79 Å². The number of hydrogen-bond acceptors (Lipinski definition) is 5. The first-order valence-corrected chi connectivity index (χ1v) is 4.94. The molecule has 0 saturated heterocycles. The van der Waals surface area contributed by atoms with Gasteiger partial charge in [0.25, 0.3) is 0 Å². The van der Waals surface area contributed by atoms with Crippen molar-refractivity contribution in [1.82, 2.24) is 9.71 Å². The predicted molar refractivity (Wildman–Crippen MR) is 46.3 cm³/mol. The normalized spacial score (nSPS) is 11.4. The second kappa shape index (κ2) is 3.41. The van der Waals surface area contributed by atoms with Gasteiger partial charge in [0.2, 0.25) is 0 Å². The summed E-state index contributed by atoms with van der Waals surface area (Å²) in [5.74, 6) is -0.0134. The third-order valence-electron chi connectivity index (χ3n) is 1.31. The molecule has 8 nitrogen and oxygen atoms in total. The monoisotopic (exact) mass is 221 g/mol. The van der Waals surface area contributed by atoms with E-state index in [9.17, 15) is 9.36 Å². The fraction of sp³-hybridized carbons (Fsp3) is 0.200. The first-order valence-electron chi connectivity index (χ1n) is 3.41. The maximum absolute atomic E-state index is 11.0. The van der Waals surface area contributed by atoms with Gasteiger partial charge in [-0.1, -0.05) is 0 Å². The molecular formula is C5H8N3O5P. The highest BCUT2D eigenvalue weighted by Crippen LogP contribution is 2.30. The lowest BCUT2D eigenvalue weighted by Gasteiger charge is -2.08. The second-order valence-corrected chi connectivity index (χ2v) is 3.63. The number of nitrogen functional groups attached to an aromatic ring is 1. The molecule has 9 heteroatoms. The Kier molecular flexibility index (Phi) is 2.61. The van der Waals surface area contributed by atoms with Crippen molar-refractivity contribution in [3.05, 3.63) is 22.2 Å². The van der Waals surface area contributed by atoms with Crippen molar-refractivity contribution in [2.75, 3.05) is 5.73 Å². The number of nitrogens with zero attached hydrogens (tertiary/aromatic N) is 2. The van der Waals surface area contributed by atoms with E-state index in [4.69, 9.17) is 15.5 Å². The molecule has 1 rings (SSSR count). The summed E-state index contributed by atoms with van der Waals surface area (Å²) in [5.41, 5.74) is 4.66. The molecule has 0 amide bonds. The Hall–Kier alpha value is -1.37. The van der Waals surface area contributed by atoms with Crippen LogP contribution in [0.15, 0.2) is 11.0 Å². The van der Waals surface area contributed by atoms with Gasteiger partial charge in [-0.15, -0.1) is 4.73 Å². The van der Waals surface area contributed by atoms with Crippen LogP contribution in [0.4, 0.5) is 5.82 Å². The van der Waals surface area contributed by atoms with Crippen molar-refractivity contribution in [1.29, 1.82) is 0 Å². The van der Waals surface area contributed by atoms with Crippen LogP contribution in [-0.4, -0.2) is 19.5 Å². The average Bonchev–Trinajstić information content (AvgIpc) is 1.97. The van der Waals surface area contributed by atoms with Crippen LogP contribution in [0, 0.1) is 6.92 Å². The van der Waals surface area contributed by atoms with Gasteiger partial charge in [0.1, 0.15) is 5.82 Å². The molecule has 1 aromatic rings. The van der Waals surface area contributed by atoms with Gasteiger partial charge in [0, 0.05) is 5.56 Å². The van der Waals surface area contributed by atoms with Crippen molar-refractivity contribution < 1.29 is 19.0 Å². The zero-order chi connectivity index (χ0) is 10.9. The summed E-state index contributed by atoms with van der Waals surface area (Å²) in [6, 6.07) is 0. The lowest BCUT2D eigenvalue weighted by atomic mass is 10.4. The molecule has 0 fully saturated rings. The number of nitrogens with two attached hydrogens (primary N) is 1. The van der Waals surface area contributed by atoms with E-state index >= 15 is 0 Å². The minimum absolute atomic E-state index is 0.0134. The molecule has 0 aliphatic heterocycles. The van der Waals surface area contributed by atoms with Crippen molar-refractivity contribution in [3.8, 4) is 0 Å². The minimum Gasteiger partial charge on any atom is -0.383 e. The van der Waals surface area contributed by atoms with E-state index in [2.05, 4.69) is 9.61 Å². The molecular weight excluding hydrogens is 213 g/mol. The van der Waals surface area contributed by atoms with Gasteiger partial charge in [-0.25, -0.2) is 9.36 Å². The van der Waals surface area contributed by atoms with E-state index < -0.39 is 13.5 Å². The molecule has 0 aliphatic rings. The summed E-state index contributed by atoms with van der Waals surface area (Å²) in [4.78, 5) is 31.1. The molecule has 0 aliphatic carbocycles. The van der Waals surface area contributed by atoms with E-state index in [0.717, 1.165) is 6.20 Å². The molecule has 0 spiro atoms. The summed E-state index contributed by atoms with van der Waals surface area (Å²) >= 11 is 0. The molecule has 0 bridgehead atoms.